The Morgan fingerprint density at radius 2 is 1.93 bits per heavy atom. The van der Waals surface area contributed by atoms with Crippen molar-refractivity contribution < 1.29 is 0 Å². The lowest BCUT2D eigenvalue weighted by Gasteiger charge is -2.09. The molecule has 0 spiro atoms. The van der Waals surface area contributed by atoms with Crippen LogP contribution in [-0.4, -0.2) is 18.1 Å². The first-order valence-corrected chi connectivity index (χ1v) is 7.48. The maximum Gasteiger partial charge on any atom is 0.0187 e. The molecule has 0 aromatic heterocycles. The van der Waals surface area contributed by atoms with E-state index in [-0.39, 0.29) is 0 Å². The van der Waals surface area contributed by atoms with E-state index in [2.05, 4.69) is 37.4 Å². The largest absolute Gasteiger partial charge is 0.330 e. The van der Waals surface area contributed by atoms with Crippen LogP contribution in [0.5, 0.6) is 0 Å². The number of rotatable bonds is 6. The summed E-state index contributed by atoms with van der Waals surface area (Å²) in [5.74, 6) is 1.09. The second-order valence-electron chi connectivity index (χ2n) is 3.55. The monoisotopic (exact) mass is 241 g/mol. The standard InChI is InChI=1S/C12H19NS2/c1-10(7-8-13)15-9-11-3-5-12(14-2)6-4-11/h3-6,10H,7-9,13H2,1-2H3. The van der Waals surface area contributed by atoms with E-state index in [1.165, 1.54) is 10.5 Å². The first-order chi connectivity index (χ1) is 7.26. The number of thioether (sulfide) groups is 2. The molecule has 1 nitrogen and oxygen atoms in total. The molecule has 0 fully saturated rings. The van der Waals surface area contributed by atoms with Crippen LogP contribution in [-0.2, 0) is 5.75 Å². The molecule has 3 heteroatoms. The van der Waals surface area contributed by atoms with Gasteiger partial charge in [-0.15, -0.1) is 11.8 Å². The molecular weight excluding hydrogens is 222 g/mol. The van der Waals surface area contributed by atoms with Crippen molar-refractivity contribution in [3.63, 3.8) is 0 Å². The van der Waals surface area contributed by atoms with E-state index in [9.17, 15) is 0 Å². The summed E-state index contributed by atoms with van der Waals surface area (Å²) in [6.07, 6.45) is 3.21. The average molecular weight is 241 g/mol. The number of hydrogen-bond acceptors (Lipinski definition) is 3. The predicted octanol–water partition coefficient (Wildman–Crippen LogP) is 3.38. The quantitative estimate of drug-likeness (QED) is 0.773. The fourth-order valence-corrected chi connectivity index (χ4v) is 2.66. The molecule has 84 valence electrons. The molecule has 1 aromatic carbocycles. The summed E-state index contributed by atoms with van der Waals surface area (Å²) >= 11 is 3.77. The van der Waals surface area contributed by atoms with E-state index in [1.807, 2.05) is 11.8 Å². The first kappa shape index (κ1) is 12.9. The van der Waals surface area contributed by atoms with E-state index in [1.54, 1.807) is 11.8 Å². The summed E-state index contributed by atoms with van der Waals surface area (Å²) in [6.45, 7) is 3.04. The van der Waals surface area contributed by atoms with Gasteiger partial charge in [0.25, 0.3) is 0 Å². The molecule has 0 aliphatic heterocycles. The minimum Gasteiger partial charge on any atom is -0.330 e. The number of benzene rings is 1. The van der Waals surface area contributed by atoms with Crippen molar-refractivity contribution >= 4 is 23.5 Å². The minimum atomic E-state index is 0.662. The second-order valence-corrected chi connectivity index (χ2v) is 5.85. The fraction of sp³-hybridized carbons (Fsp3) is 0.500. The molecule has 2 N–H and O–H groups in total. The highest BCUT2D eigenvalue weighted by Gasteiger charge is 2.01. The molecule has 1 atom stereocenters. The van der Waals surface area contributed by atoms with Crippen LogP contribution in [0.3, 0.4) is 0 Å². The van der Waals surface area contributed by atoms with E-state index >= 15 is 0 Å². The Morgan fingerprint density at radius 3 is 2.47 bits per heavy atom. The average Bonchev–Trinajstić information content (AvgIpc) is 2.27. The minimum absolute atomic E-state index is 0.662. The van der Waals surface area contributed by atoms with Gasteiger partial charge < -0.3 is 5.73 Å². The van der Waals surface area contributed by atoms with Gasteiger partial charge in [-0.3, -0.25) is 0 Å². The van der Waals surface area contributed by atoms with Crippen LogP contribution in [0, 0.1) is 0 Å². The fourth-order valence-electron chi connectivity index (χ4n) is 1.28. The number of nitrogens with two attached hydrogens (primary N) is 1. The molecule has 0 saturated heterocycles. The van der Waals surface area contributed by atoms with Crippen LogP contribution < -0.4 is 5.73 Å². The molecule has 0 saturated carbocycles. The Balaban J connectivity index is 2.37. The highest BCUT2D eigenvalue weighted by atomic mass is 32.2. The molecule has 1 rings (SSSR count). The second kappa shape index (κ2) is 7.20. The molecule has 0 heterocycles. The van der Waals surface area contributed by atoms with Crippen molar-refractivity contribution in [3.05, 3.63) is 29.8 Å². The lowest BCUT2D eigenvalue weighted by molar-refractivity contribution is 0.823. The van der Waals surface area contributed by atoms with Gasteiger partial charge in [0.1, 0.15) is 0 Å². The van der Waals surface area contributed by atoms with Gasteiger partial charge in [0.2, 0.25) is 0 Å². The molecule has 0 radical (unpaired) electrons. The van der Waals surface area contributed by atoms with Gasteiger partial charge in [-0.25, -0.2) is 0 Å². The molecule has 1 aromatic rings. The van der Waals surface area contributed by atoms with Crippen molar-refractivity contribution in [3.8, 4) is 0 Å². The maximum atomic E-state index is 5.52. The third-order valence-electron chi connectivity index (χ3n) is 2.27. The summed E-state index contributed by atoms with van der Waals surface area (Å²) in [6, 6.07) is 8.81. The molecule has 0 aliphatic rings. The van der Waals surface area contributed by atoms with Gasteiger partial charge >= 0.3 is 0 Å². The smallest absolute Gasteiger partial charge is 0.0187 e. The van der Waals surface area contributed by atoms with Gasteiger partial charge in [-0.05, 0) is 36.9 Å². The Bertz CT molecular complexity index is 271. The van der Waals surface area contributed by atoms with Gasteiger partial charge in [0.15, 0.2) is 0 Å². The normalized spacial score (nSPS) is 12.7. The zero-order valence-corrected chi connectivity index (χ0v) is 11.0. The summed E-state index contributed by atoms with van der Waals surface area (Å²) in [7, 11) is 0. The van der Waals surface area contributed by atoms with Crippen LogP contribution in [0.4, 0.5) is 0 Å². The Labute approximate surface area is 101 Å². The predicted molar refractivity (Wildman–Crippen MR) is 72.7 cm³/mol. The van der Waals surface area contributed by atoms with Gasteiger partial charge in [-0.2, -0.15) is 11.8 Å². The van der Waals surface area contributed by atoms with Crippen molar-refractivity contribution in [2.24, 2.45) is 5.73 Å². The molecule has 1 unspecified atom stereocenters. The molecule has 15 heavy (non-hydrogen) atoms. The van der Waals surface area contributed by atoms with Gasteiger partial charge in [0.05, 0.1) is 0 Å². The van der Waals surface area contributed by atoms with Crippen LogP contribution in [0.25, 0.3) is 0 Å². The molecule has 0 bridgehead atoms. The maximum absolute atomic E-state index is 5.52. The van der Waals surface area contributed by atoms with E-state index < -0.39 is 0 Å². The summed E-state index contributed by atoms with van der Waals surface area (Å²) in [5, 5.41) is 0.662. The third-order valence-corrected chi connectivity index (χ3v) is 4.32. The van der Waals surface area contributed by atoms with E-state index in [0.717, 1.165) is 18.7 Å². The SMILES string of the molecule is CSc1ccc(CSC(C)CCN)cc1. The topological polar surface area (TPSA) is 26.0 Å². The number of hydrogen-bond donors (Lipinski definition) is 1. The Morgan fingerprint density at radius 1 is 1.27 bits per heavy atom. The van der Waals surface area contributed by atoms with Crippen LogP contribution >= 0.6 is 23.5 Å². The summed E-state index contributed by atoms with van der Waals surface area (Å²) < 4.78 is 0. The van der Waals surface area contributed by atoms with Crippen molar-refractivity contribution in [1.29, 1.82) is 0 Å². The summed E-state index contributed by atoms with van der Waals surface area (Å²) in [4.78, 5) is 1.33. The van der Waals surface area contributed by atoms with Crippen molar-refractivity contribution in [2.75, 3.05) is 12.8 Å². The van der Waals surface area contributed by atoms with Crippen LogP contribution in [0.1, 0.15) is 18.9 Å². The molecule has 0 aliphatic carbocycles. The van der Waals surface area contributed by atoms with Crippen molar-refractivity contribution in [1.82, 2.24) is 0 Å². The van der Waals surface area contributed by atoms with Crippen molar-refractivity contribution in [2.45, 2.75) is 29.2 Å². The summed E-state index contributed by atoms with van der Waals surface area (Å²) in [5.41, 5.74) is 6.92. The molecular formula is C12H19NS2. The van der Waals surface area contributed by atoms with E-state index in [4.69, 9.17) is 5.73 Å². The third kappa shape index (κ3) is 4.96. The molecule has 0 amide bonds. The lowest BCUT2D eigenvalue weighted by Crippen LogP contribution is -2.07. The lowest BCUT2D eigenvalue weighted by atomic mass is 10.2. The van der Waals surface area contributed by atoms with Crippen LogP contribution in [0.2, 0.25) is 0 Å². The van der Waals surface area contributed by atoms with Gasteiger partial charge in [0, 0.05) is 15.9 Å². The highest BCUT2D eigenvalue weighted by molar-refractivity contribution is 7.99. The van der Waals surface area contributed by atoms with E-state index in [0.29, 0.717) is 5.25 Å². The Kier molecular flexibility index (Phi) is 6.22. The first-order valence-electron chi connectivity index (χ1n) is 5.21. The van der Waals surface area contributed by atoms with Crippen LogP contribution in [0.15, 0.2) is 29.2 Å². The van der Waals surface area contributed by atoms with Gasteiger partial charge in [-0.1, -0.05) is 19.1 Å². The highest BCUT2D eigenvalue weighted by Crippen LogP contribution is 2.21. The zero-order chi connectivity index (χ0) is 11.1. The zero-order valence-electron chi connectivity index (χ0n) is 9.40. The Hall–Kier alpha value is -0.120.